The largest absolute Gasteiger partial charge is 0.416 e. The van der Waals surface area contributed by atoms with Crippen LogP contribution in [-0.2, 0) is 15.8 Å². The number of benzene rings is 2. The van der Waals surface area contributed by atoms with Crippen molar-refractivity contribution in [3.8, 4) is 6.07 Å². The number of thioether (sulfide) groups is 1. The Kier molecular flexibility index (Phi) is 5.10. The maximum Gasteiger partial charge on any atom is 0.416 e. The molecule has 1 unspecified atom stereocenters. The predicted octanol–water partition coefficient (Wildman–Crippen LogP) is 4.02. The van der Waals surface area contributed by atoms with E-state index in [4.69, 9.17) is 5.26 Å². The molecule has 0 aromatic heterocycles. The summed E-state index contributed by atoms with van der Waals surface area (Å²) in [5, 5.41) is 13.1. The summed E-state index contributed by atoms with van der Waals surface area (Å²) in [4.78, 5) is 24.8. The highest BCUT2D eigenvalue weighted by molar-refractivity contribution is 8.01. The lowest BCUT2D eigenvalue weighted by atomic mass is 10.1. The molecule has 0 spiro atoms. The number of nitrogens with one attached hydrogen (secondary N) is 2. The van der Waals surface area contributed by atoms with Gasteiger partial charge in [-0.1, -0.05) is 6.07 Å². The number of alkyl halides is 3. The molecule has 1 heterocycles. The summed E-state index contributed by atoms with van der Waals surface area (Å²) in [7, 11) is 0. The van der Waals surface area contributed by atoms with E-state index < -0.39 is 28.8 Å². The Morgan fingerprint density at radius 1 is 1.26 bits per heavy atom. The van der Waals surface area contributed by atoms with Gasteiger partial charge < -0.3 is 10.6 Å². The lowest BCUT2D eigenvalue weighted by Gasteiger charge is -2.24. The normalized spacial score (nSPS) is 16.1. The second-order valence-corrected chi connectivity index (χ2v) is 6.99. The van der Waals surface area contributed by atoms with Crippen LogP contribution in [-0.4, -0.2) is 17.1 Å². The van der Waals surface area contributed by atoms with Crippen LogP contribution in [0.1, 0.15) is 17.5 Å². The number of carbonyl (C=O) groups excluding carboxylic acids is 2. The summed E-state index contributed by atoms with van der Waals surface area (Å²) in [5.41, 5.74) is 0.0383. The highest BCUT2D eigenvalue weighted by Gasteiger charge is 2.34. The average molecular weight is 391 g/mol. The van der Waals surface area contributed by atoms with Gasteiger partial charge in [-0.15, -0.1) is 11.8 Å². The second-order valence-electron chi connectivity index (χ2n) is 5.75. The standard InChI is InChI=1S/C18H12F3N3O2S/c19-18(20,21)11-4-5-14-13(7-11)24-17(26)15(27-14)8-16(25)23-12-3-1-2-10(6-12)9-22/h1-7,15H,8H2,(H,23,25)(H,24,26). The minimum Gasteiger partial charge on any atom is -0.326 e. The van der Waals surface area contributed by atoms with Crippen molar-refractivity contribution >= 4 is 35.0 Å². The fourth-order valence-corrected chi connectivity index (χ4v) is 3.60. The summed E-state index contributed by atoms with van der Waals surface area (Å²) in [6.45, 7) is 0. The molecule has 0 fully saturated rings. The molecule has 3 rings (SSSR count). The lowest BCUT2D eigenvalue weighted by Crippen LogP contribution is -2.32. The van der Waals surface area contributed by atoms with Crippen LogP contribution < -0.4 is 10.6 Å². The van der Waals surface area contributed by atoms with Crippen LogP contribution in [0, 0.1) is 11.3 Å². The maximum atomic E-state index is 12.8. The molecule has 5 nitrogen and oxygen atoms in total. The summed E-state index contributed by atoms with van der Waals surface area (Å²) in [5.74, 6) is -0.971. The molecule has 0 saturated heterocycles. The minimum atomic E-state index is -4.50. The van der Waals surface area contributed by atoms with Gasteiger partial charge in [-0.05, 0) is 36.4 Å². The van der Waals surface area contributed by atoms with Crippen molar-refractivity contribution < 1.29 is 22.8 Å². The average Bonchev–Trinajstić information content (AvgIpc) is 2.61. The molecule has 2 N–H and O–H groups in total. The van der Waals surface area contributed by atoms with Crippen molar-refractivity contribution in [2.45, 2.75) is 22.7 Å². The van der Waals surface area contributed by atoms with Crippen LogP contribution in [0.25, 0.3) is 0 Å². The van der Waals surface area contributed by atoms with Crippen molar-refractivity contribution in [2.24, 2.45) is 0 Å². The third kappa shape index (κ3) is 4.41. The van der Waals surface area contributed by atoms with Crippen molar-refractivity contribution in [1.29, 1.82) is 5.26 Å². The Labute approximate surface area is 156 Å². The molecular weight excluding hydrogens is 379 g/mol. The molecule has 0 bridgehead atoms. The number of hydrogen-bond acceptors (Lipinski definition) is 4. The highest BCUT2D eigenvalue weighted by Crippen LogP contribution is 2.40. The van der Waals surface area contributed by atoms with Crippen LogP contribution >= 0.6 is 11.8 Å². The van der Waals surface area contributed by atoms with Crippen molar-refractivity contribution in [3.63, 3.8) is 0 Å². The van der Waals surface area contributed by atoms with Gasteiger partial charge in [-0.2, -0.15) is 18.4 Å². The third-order valence-electron chi connectivity index (χ3n) is 3.77. The van der Waals surface area contributed by atoms with Crippen LogP contribution in [0.2, 0.25) is 0 Å². The summed E-state index contributed by atoms with van der Waals surface area (Å²) in [6, 6.07) is 11.4. The molecule has 9 heteroatoms. The fourth-order valence-electron chi connectivity index (χ4n) is 2.51. The van der Waals surface area contributed by atoms with Crippen LogP contribution in [0.3, 0.4) is 0 Å². The first kappa shape index (κ1) is 18.8. The zero-order valence-corrected chi connectivity index (χ0v) is 14.4. The van der Waals surface area contributed by atoms with E-state index >= 15 is 0 Å². The van der Waals surface area contributed by atoms with E-state index in [0.717, 1.165) is 23.9 Å². The van der Waals surface area contributed by atoms with E-state index in [1.165, 1.54) is 12.1 Å². The first-order valence-corrected chi connectivity index (χ1v) is 8.63. The predicted molar refractivity (Wildman–Crippen MR) is 94.1 cm³/mol. The molecule has 1 aliphatic heterocycles. The molecule has 2 aromatic rings. The number of fused-ring (bicyclic) bond motifs is 1. The lowest BCUT2D eigenvalue weighted by molar-refractivity contribution is -0.137. The van der Waals surface area contributed by atoms with E-state index in [1.54, 1.807) is 18.2 Å². The Morgan fingerprint density at radius 3 is 2.74 bits per heavy atom. The van der Waals surface area contributed by atoms with Gasteiger partial charge in [0.05, 0.1) is 28.1 Å². The number of nitriles is 1. The van der Waals surface area contributed by atoms with Crippen LogP contribution in [0.15, 0.2) is 47.4 Å². The third-order valence-corrected chi connectivity index (χ3v) is 5.05. The van der Waals surface area contributed by atoms with Gasteiger partial charge >= 0.3 is 6.18 Å². The topological polar surface area (TPSA) is 82.0 Å². The summed E-state index contributed by atoms with van der Waals surface area (Å²) >= 11 is 1.04. The van der Waals surface area contributed by atoms with Gasteiger partial charge in [0, 0.05) is 17.0 Å². The maximum absolute atomic E-state index is 12.8. The number of carbonyl (C=O) groups is 2. The zero-order valence-electron chi connectivity index (χ0n) is 13.6. The number of amides is 2. The number of rotatable bonds is 3. The highest BCUT2D eigenvalue weighted by atomic mass is 32.2. The number of hydrogen-bond donors (Lipinski definition) is 2. The molecule has 2 amide bonds. The van der Waals surface area contributed by atoms with Gasteiger partial charge in [0.2, 0.25) is 11.8 Å². The SMILES string of the molecule is N#Cc1cccc(NC(=O)CC2Sc3ccc(C(F)(F)F)cc3NC2=O)c1. The van der Waals surface area contributed by atoms with E-state index in [1.807, 2.05) is 6.07 Å². The molecule has 27 heavy (non-hydrogen) atoms. The van der Waals surface area contributed by atoms with E-state index in [-0.39, 0.29) is 12.1 Å². The molecule has 0 saturated carbocycles. The van der Waals surface area contributed by atoms with E-state index in [9.17, 15) is 22.8 Å². The summed E-state index contributed by atoms with van der Waals surface area (Å²) < 4.78 is 38.3. The van der Waals surface area contributed by atoms with Crippen LogP contribution in [0.5, 0.6) is 0 Å². The number of anilines is 2. The van der Waals surface area contributed by atoms with Crippen molar-refractivity contribution in [1.82, 2.24) is 0 Å². The Bertz CT molecular complexity index is 954. The molecule has 2 aromatic carbocycles. The zero-order chi connectivity index (χ0) is 19.6. The molecule has 0 radical (unpaired) electrons. The number of halogens is 3. The van der Waals surface area contributed by atoms with Crippen LogP contribution in [0.4, 0.5) is 24.5 Å². The molecule has 138 valence electrons. The molecule has 1 atom stereocenters. The van der Waals surface area contributed by atoms with Crippen molar-refractivity contribution in [3.05, 3.63) is 53.6 Å². The first-order chi connectivity index (χ1) is 12.8. The monoisotopic (exact) mass is 391 g/mol. The summed E-state index contributed by atoms with van der Waals surface area (Å²) in [6.07, 6.45) is -4.66. The van der Waals surface area contributed by atoms with Gasteiger partial charge in [-0.25, -0.2) is 0 Å². The quantitative estimate of drug-likeness (QED) is 0.828. The van der Waals surface area contributed by atoms with Gasteiger partial charge in [0.15, 0.2) is 0 Å². The van der Waals surface area contributed by atoms with Gasteiger partial charge in [0.1, 0.15) is 0 Å². The molecule has 0 aliphatic carbocycles. The first-order valence-electron chi connectivity index (χ1n) is 7.75. The molecular formula is C18H12F3N3O2S. The smallest absolute Gasteiger partial charge is 0.326 e. The number of nitrogens with zero attached hydrogens (tertiary/aromatic N) is 1. The minimum absolute atomic E-state index is 0.0817. The molecule has 1 aliphatic rings. The van der Waals surface area contributed by atoms with Crippen molar-refractivity contribution in [2.75, 3.05) is 10.6 Å². The Hall–Kier alpha value is -2.99. The van der Waals surface area contributed by atoms with Gasteiger partial charge in [0.25, 0.3) is 0 Å². The van der Waals surface area contributed by atoms with E-state index in [0.29, 0.717) is 16.1 Å². The fraction of sp³-hybridized carbons (Fsp3) is 0.167. The van der Waals surface area contributed by atoms with Gasteiger partial charge in [-0.3, -0.25) is 9.59 Å². The van der Waals surface area contributed by atoms with E-state index in [2.05, 4.69) is 10.6 Å². The Balaban J connectivity index is 1.69. The Morgan fingerprint density at radius 2 is 2.04 bits per heavy atom. The second kappa shape index (κ2) is 7.32.